The Morgan fingerprint density at radius 3 is 0.960 bits per heavy atom. The van der Waals surface area contributed by atoms with Gasteiger partial charge < -0.3 is 15.3 Å². The monoisotopic (exact) mass is 510 g/mol. The van der Waals surface area contributed by atoms with E-state index in [1.807, 2.05) is 0 Å². The Kier molecular flexibility index (Phi) is 10.8. The molecule has 140 valence electrons. The molecule has 3 heterocycles. The van der Waals surface area contributed by atoms with Gasteiger partial charge in [0.1, 0.15) is 17.1 Å². The number of carboxylic acids is 3. The minimum Gasteiger partial charge on any atom is -0.477 e. The third kappa shape index (κ3) is 8.83. The molecule has 0 saturated carbocycles. The van der Waals surface area contributed by atoms with E-state index in [4.69, 9.17) is 15.3 Å². The molecule has 0 radical (unpaired) electrons. The number of hydrogen-bond acceptors (Lipinski definition) is 6. The average molecular weight is 509 g/mol. The van der Waals surface area contributed by atoms with Gasteiger partial charge in [0.25, 0.3) is 0 Å². The molecule has 6 N–H and O–H groups in total. The first-order chi connectivity index (χ1) is 11.4. The molecule has 3 aromatic heterocycles. The fourth-order valence-electron chi connectivity index (χ4n) is 1.12. The second kappa shape index (κ2) is 12.0. The Labute approximate surface area is 177 Å². The van der Waals surface area contributed by atoms with E-state index >= 15 is 0 Å². The van der Waals surface area contributed by atoms with Gasteiger partial charge in [0.05, 0.1) is 0 Å². The van der Waals surface area contributed by atoms with Crippen LogP contribution < -0.4 is 0 Å². The van der Waals surface area contributed by atoms with E-state index in [0.717, 1.165) is 0 Å². The van der Waals surface area contributed by atoms with Crippen LogP contribution in [-0.4, -0.2) is 63.8 Å². The molecule has 13 heteroatoms. The van der Waals surface area contributed by atoms with Gasteiger partial charge in [0.15, 0.2) is 0 Å². The van der Waals surface area contributed by atoms with E-state index < -0.39 is 17.9 Å². The molecule has 0 aromatic carbocycles. The van der Waals surface area contributed by atoms with Gasteiger partial charge in [-0.2, -0.15) is 15.3 Å². The van der Waals surface area contributed by atoms with Crippen LogP contribution in [0.15, 0.2) is 36.8 Å². The zero-order valence-corrected chi connectivity index (χ0v) is 13.9. The summed E-state index contributed by atoms with van der Waals surface area (Å²) < 4.78 is 0. The van der Waals surface area contributed by atoms with Gasteiger partial charge in [-0.05, 0) is 18.2 Å². The quantitative estimate of drug-likeness (QED) is 0.288. The van der Waals surface area contributed by atoms with Gasteiger partial charge in [-0.25, -0.2) is 14.4 Å². The maximum absolute atomic E-state index is 9.99. The number of hydrogen-bond donors (Lipinski definition) is 6. The molecule has 0 fully saturated rings. The van der Waals surface area contributed by atoms with Gasteiger partial charge in [0, 0.05) is 65.5 Å². The number of nitrogens with one attached hydrogen (secondary N) is 3. The summed E-state index contributed by atoms with van der Waals surface area (Å²) >= 11 is 0. The molecule has 0 atom stereocenters. The second-order valence-electron chi connectivity index (χ2n) is 3.83. The molecule has 12 nitrogen and oxygen atoms in total. The zero-order chi connectivity index (χ0) is 17.9. The molecule has 0 spiro atoms. The average Bonchev–Trinajstić information content (AvgIpc) is 3.29. The van der Waals surface area contributed by atoms with Crippen LogP contribution >= 0.6 is 0 Å². The van der Waals surface area contributed by atoms with Gasteiger partial charge in [-0.1, -0.05) is 0 Å². The third-order valence-corrected chi connectivity index (χ3v) is 2.19. The normalized spacial score (nSPS) is 8.64. The van der Waals surface area contributed by atoms with Crippen molar-refractivity contribution in [3.8, 4) is 0 Å². The first-order valence-corrected chi connectivity index (χ1v) is 6.09. The van der Waals surface area contributed by atoms with Gasteiger partial charge >= 0.3 is 17.9 Å². The predicted octanol–water partition coefficient (Wildman–Crippen LogP) is 0.324. The first kappa shape index (κ1) is 22.6. The molecule has 0 amide bonds. The number of rotatable bonds is 3. The summed E-state index contributed by atoms with van der Waals surface area (Å²) in [5, 5.41) is 41.8. The number of aromatic carboxylic acids is 3. The standard InChI is InChI=1S/3C4H4N2O2.Yb/c3*7-4(8)3-1-2-5-6-3;/h3*1-2H,(H,5,6)(H,7,8);. The summed E-state index contributed by atoms with van der Waals surface area (Å²) in [6, 6.07) is 4.17. The number of nitrogens with zero attached hydrogens (tertiary/aromatic N) is 3. The van der Waals surface area contributed by atoms with Crippen LogP contribution in [0.5, 0.6) is 0 Å². The van der Waals surface area contributed by atoms with E-state index in [9.17, 15) is 14.4 Å². The van der Waals surface area contributed by atoms with Gasteiger partial charge in [-0.3, -0.25) is 15.3 Å². The van der Waals surface area contributed by atoms with Crippen LogP contribution in [0.25, 0.3) is 0 Å². The van der Waals surface area contributed by atoms with Gasteiger partial charge in [0.2, 0.25) is 0 Å². The molecule has 0 bridgehead atoms. The first-order valence-electron chi connectivity index (χ1n) is 6.09. The Bertz CT molecular complexity index is 651. The summed E-state index contributed by atoms with van der Waals surface area (Å²) in [6.07, 6.45) is 4.18. The summed E-state index contributed by atoms with van der Waals surface area (Å²) in [5.41, 5.74) is 0.347. The largest absolute Gasteiger partial charge is 0.477 e. The minimum absolute atomic E-state index is 0. The Hall–Kier alpha value is -2.44. The van der Waals surface area contributed by atoms with Crippen molar-refractivity contribution in [2.75, 3.05) is 0 Å². The zero-order valence-electron chi connectivity index (χ0n) is 12.1. The van der Waals surface area contributed by atoms with Crippen molar-refractivity contribution < 1.29 is 76.6 Å². The van der Waals surface area contributed by atoms with Crippen LogP contribution in [-0.2, 0) is 0 Å². The van der Waals surface area contributed by atoms with E-state index in [2.05, 4.69) is 30.6 Å². The molecule has 0 unspecified atom stereocenters. The molecule has 0 aliphatic rings. The fourth-order valence-corrected chi connectivity index (χ4v) is 1.12. The maximum atomic E-state index is 9.99. The van der Waals surface area contributed by atoms with Crippen LogP contribution in [0.3, 0.4) is 0 Å². The Balaban J connectivity index is 0.000000339. The van der Waals surface area contributed by atoms with Crippen molar-refractivity contribution in [2.45, 2.75) is 0 Å². The van der Waals surface area contributed by atoms with Crippen molar-refractivity contribution in [1.29, 1.82) is 0 Å². The predicted molar refractivity (Wildman–Crippen MR) is 76.6 cm³/mol. The van der Waals surface area contributed by atoms with Crippen molar-refractivity contribution >= 4 is 17.9 Å². The van der Waals surface area contributed by atoms with E-state index in [1.165, 1.54) is 36.8 Å². The molecule has 3 rings (SSSR count). The topological polar surface area (TPSA) is 198 Å². The Morgan fingerprint density at radius 1 is 0.640 bits per heavy atom. The molecule has 25 heavy (non-hydrogen) atoms. The minimum atomic E-state index is -0.984. The van der Waals surface area contributed by atoms with Crippen LogP contribution in [0, 0.1) is 46.9 Å². The Morgan fingerprint density at radius 2 is 0.880 bits per heavy atom. The van der Waals surface area contributed by atoms with Crippen molar-refractivity contribution in [2.24, 2.45) is 0 Å². The van der Waals surface area contributed by atoms with E-state index in [1.54, 1.807) is 0 Å². The van der Waals surface area contributed by atoms with E-state index in [-0.39, 0.29) is 64.0 Å². The van der Waals surface area contributed by atoms with Crippen LogP contribution in [0.4, 0.5) is 0 Å². The van der Waals surface area contributed by atoms with Gasteiger partial charge in [-0.15, -0.1) is 0 Å². The van der Waals surface area contributed by atoms with Crippen LogP contribution in [0.1, 0.15) is 31.5 Å². The molecule has 0 aliphatic heterocycles. The number of carboxylic acid groups (broad SMARTS) is 3. The van der Waals surface area contributed by atoms with Crippen molar-refractivity contribution in [3.63, 3.8) is 0 Å². The summed E-state index contributed by atoms with van der Waals surface area (Å²) in [4.78, 5) is 30.0. The molecular formula is C12H12N6O6Yb. The second-order valence-corrected chi connectivity index (χ2v) is 3.83. The van der Waals surface area contributed by atoms with Crippen molar-refractivity contribution in [1.82, 2.24) is 30.6 Å². The number of aromatic nitrogens is 6. The third-order valence-electron chi connectivity index (χ3n) is 2.19. The van der Waals surface area contributed by atoms with E-state index in [0.29, 0.717) is 0 Å². The fraction of sp³-hybridized carbons (Fsp3) is 0. The number of carbonyl (C=O) groups is 3. The molecular weight excluding hydrogens is 497 g/mol. The number of aromatic amines is 3. The van der Waals surface area contributed by atoms with Crippen molar-refractivity contribution in [3.05, 3.63) is 53.9 Å². The maximum Gasteiger partial charge on any atom is 0.353 e. The summed E-state index contributed by atoms with van der Waals surface area (Å²) in [6.45, 7) is 0. The summed E-state index contributed by atoms with van der Waals surface area (Å²) in [5.74, 6) is -2.95. The molecule has 0 saturated heterocycles. The summed E-state index contributed by atoms with van der Waals surface area (Å²) in [7, 11) is 0. The SMILES string of the molecule is O=C(O)c1ccn[nH]1.O=C(O)c1ccn[nH]1.O=C(O)c1ccn[nH]1.[Yb]. The smallest absolute Gasteiger partial charge is 0.353 e. The number of H-pyrrole nitrogens is 3. The van der Waals surface area contributed by atoms with Crippen LogP contribution in [0.2, 0.25) is 0 Å². The molecule has 0 aliphatic carbocycles. The molecule has 3 aromatic rings.